The second-order valence-electron chi connectivity index (χ2n) is 6.71. The monoisotopic (exact) mass is 401 g/mol. The lowest BCUT2D eigenvalue weighted by Gasteiger charge is -2.34. The van der Waals surface area contributed by atoms with Crippen molar-refractivity contribution >= 4 is 5.91 Å². The third-order valence-corrected chi connectivity index (χ3v) is 4.66. The number of aliphatic hydroxyl groups is 1. The van der Waals surface area contributed by atoms with Crippen molar-refractivity contribution in [1.82, 2.24) is 15.5 Å². The van der Waals surface area contributed by atoms with Crippen molar-refractivity contribution in [2.75, 3.05) is 19.8 Å². The van der Waals surface area contributed by atoms with Gasteiger partial charge in [-0.25, -0.2) is 8.78 Å². The molecule has 1 atom stereocenters. The number of halogens is 2. The van der Waals surface area contributed by atoms with E-state index in [0.29, 0.717) is 11.1 Å². The van der Waals surface area contributed by atoms with Crippen LogP contribution in [0.4, 0.5) is 8.78 Å². The van der Waals surface area contributed by atoms with Crippen LogP contribution >= 0.6 is 0 Å². The fourth-order valence-electron chi connectivity index (χ4n) is 2.89. The number of amides is 1. The standard InChI is InChI=1S/C20H17F2N3O4/c21-15-7-3-13(4-8-15)18(27)23-16(9-26)19-24-17(25-29-19)12-1-5-14(6-2-12)20(22)10-28-11-20/h1-8,16,26H,9-11H2,(H,23,27)/t16-/m0/s1. The molecule has 150 valence electrons. The number of hydrogen-bond acceptors (Lipinski definition) is 6. The van der Waals surface area contributed by atoms with Crippen LogP contribution in [0.1, 0.15) is 27.9 Å². The minimum absolute atomic E-state index is 0.0105. The van der Waals surface area contributed by atoms with E-state index in [1.165, 1.54) is 12.1 Å². The smallest absolute Gasteiger partial charge is 0.251 e. The molecule has 7 nitrogen and oxygen atoms in total. The van der Waals surface area contributed by atoms with Gasteiger partial charge in [-0.05, 0) is 29.8 Å². The molecule has 0 aliphatic carbocycles. The maximum atomic E-state index is 14.3. The molecule has 1 fully saturated rings. The van der Waals surface area contributed by atoms with Crippen molar-refractivity contribution in [2.45, 2.75) is 11.7 Å². The number of carbonyl (C=O) groups excluding carboxylic acids is 1. The molecule has 1 aliphatic heterocycles. The number of rotatable bonds is 6. The molecule has 29 heavy (non-hydrogen) atoms. The van der Waals surface area contributed by atoms with Gasteiger partial charge >= 0.3 is 0 Å². The molecule has 0 bridgehead atoms. The van der Waals surface area contributed by atoms with Gasteiger partial charge in [0.05, 0.1) is 19.8 Å². The molecule has 0 radical (unpaired) electrons. The van der Waals surface area contributed by atoms with Gasteiger partial charge in [0.2, 0.25) is 5.82 Å². The molecule has 1 aliphatic rings. The van der Waals surface area contributed by atoms with Crippen molar-refractivity contribution in [1.29, 1.82) is 0 Å². The molecule has 4 rings (SSSR count). The molecule has 1 amide bonds. The van der Waals surface area contributed by atoms with E-state index in [0.717, 1.165) is 12.1 Å². The average molecular weight is 401 g/mol. The van der Waals surface area contributed by atoms with Crippen LogP contribution in [0.15, 0.2) is 53.1 Å². The Hall–Kier alpha value is -3.17. The van der Waals surface area contributed by atoms with Crippen LogP contribution in [-0.2, 0) is 10.4 Å². The van der Waals surface area contributed by atoms with Crippen LogP contribution < -0.4 is 5.32 Å². The Morgan fingerprint density at radius 2 is 1.86 bits per heavy atom. The Kier molecular flexibility index (Phi) is 5.08. The summed E-state index contributed by atoms with van der Waals surface area (Å²) in [6.45, 7) is -0.410. The summed E-state index contributed by atoms with van der Waals surface area (Å²) in [5, 5.41) is 16.0. The highest BCUT2D eigenvalue weighted by Gasteiger charge is 2.40. The van der Waals surface area contributed by atoms with Crippen LogP contribution in [0, 0.1) is 5.82 Å². The van der Waals surface area contributed by atoms with E-state index in [9.17, 15) is 18.7 Å². The lowest BCUT2D eigenvalue weighted by Crippen LogP contribution is -2.42. The molecule has 2 N–H and O–H groups in total. The molecule has 0 spiro atoms. The summed E-state index contributed by atoms with van der Waals surface area (Å²) in [6, 6.07) is 10.6. The first-order valence-corrected chi connectivity index (χ1v) is 8.87. The van der Waals surface area contributed by atoms with Gasteiger partial charge in [-0.1, -0.05) is 29.4 Å². The summed E-state index contributed by atoms with van der Waals surface area (Å²) in [5.74, 6) is -0.740. The van der Waals surface area contributed by atoms with Crippen LogP contribution in [0.2, 0.25) is 0 Å². The van der Waals surface area contributed by atoms with Crippen molar-refractivity contribution < 1.29 is 27.9 Å². The van der Waals surface area contributed by atoms with E-state index in [1.807, 2.05) is 0 Å². The highest BCUT2D eigenvalue weighted by atomic mass is 19.1. The summed E-state index contributed by atoms with van der Waals surface area (Å²) in [6.07, 6.45) is 0. The van der Waals surface area contributed by atoms with Crippen molar-refractivity contribution in [3.05, 3.63) is 71.4 Å². The van der Waals surface area contributed by atoms with Crippen molar-refractivity contribution in [3.8, 4) is 11.4 Å². The number of ether oxygens (including phenoxy) is 1. The first-order chi connectivity index (χ1) is 14.0. The van der Waals surface area contributed by atoms with Gasteiger partial charge in [-0.2, -0.15) is 4.98 Å². The zero-order valence-electron chi connectivity index (χ0n) is 15.1. The predicted octanol–water partition coefficient (Wildman–Crippen LogP) is 2.53. The number of alkyl halides is 1. The quantitative estimate of drug-likeness (QED) is 0.659. The minimum atomic E-state index is -1.46. The summed E-state index contributed by atoms with van der Waals surface area (Å²) in [7, 11) is 0. The summed E-state index contributed by atoms with van der Waals surface area (Å²) in [5.41, 5.74) is -0.140. The third kappa shape index (κ3) is 3.87. The predicted molar refractivity (Wildman–Crippen MR) is 97.0 cm³/mol. The Balaban J connectivity index is 1.48. The van der Waals surface area contributed by atoms with Gasteiger partial charge < -0.3 is 19.7 Å². The molecular weight excluding hydrogens is 384 g/mol. The van der Waals surface area contributed by atoms with Gasteiger partial charge in [0, 0.05) is 11.1 Å². The highest BCUT2D eigenvalue weighted by Crippen LogP contribution is 2.34. The molecule has 9 heteroatoms. The average Bonchev–Trinajstić information content (AvgIpc) is 3.20. The van der Waals surface area contributed by atoms with Gasteiger partial charge in [0.25, 0.3) is 11.8 Å². The van der Waals surface area contributed by atoms with Crippen LogP contribution in [0.3, 0.4) is 0 Å². The van der Waals surface area contributed by atoms with E-state index < -0.39 is 30.0 Å². The van der Waals surface area contributed by atoms with Crippen LogP contribution in [0.25, 0.3) is 11.4 Å². The van der Waals surface area contributed by atoms with Crippen LogP contribution in [-0.4, -0.2) is 41.0 Å². The number of aromatic nitrogens is 2. The third-order valence-electron chi connectivity index (χ3n) is 4.66. The minimum Gasteiger partial charge on any atom is -0.394 e. The molecule has 1 saturated heterocycles. The first-order valence-electron chi connectivity index (χ1n) is 8.87. The number of carbonyl (C=O) groups is 1. The Labute approximate surface area is 164 Å². The normalized spacial score (nSPS) is 16.1. The Bertz CT molecular complexity index is 1000. The number of nitrogens with one attached hydrogen (secondary N) is 1. The lowest BCUT2D eigenvalue weighted by molar-refractivity contribution is -0.135. The fraction of sp³-hybridized carbons (Fsp3) is 0.250. The first kappa shape index (κ1) is 19.2. The SMILES string of the molecule is O=C(N[C@@H](CO)c1nc(-c2ccc(C3(F)COC3)cc2)no1)c1ccc(F)cc1. The van der Waals surface area contributed by atoms with E-state index >= 15 is 0 Å². The Morgan fingerprint density at radius 3 is 2.45 bits per heavy atom. The zero-order chi connectivity index (χ0) is 20.4. The molecule has 2 heterocycles. The summed E-state index contributed by atoms with van der Waals surface area (Å²) in [4.78, 5) is 16.5. The number of hydrogen-bond donors (Lipinski definition) is 2. The maximum Gasteiger partial charge on any atom is 0.251 e. The van der Waals surface area contributed by atoms with Crippen molar-refractivity contribution in [3.63, 3.8) is 0 Å². The Morgan fingerprint density at radius 1 is 1.17 bits per heavy atom. The van der Waals surface area contributed by atoms with Gasteiger partial charge in [-0.3, -0.25) is 4.79 Å². The lowest BCUT2D eigenvalue weighted by atomic mass is 9.93. The second-order valence-corrected chi connectivity index (χ2v) is 6.71. The zero-order valence-corrected chi connectivity index (χ0v) is 15.1. The van der Waals surface area contributed by atoms with Gasteiger partial charge in [-0.15, -0.1) is 0 Å². The topological polar surface area (TPSA) is 97.5 Å². The fourth-order valence-corrected chi connectivity index (χ4v) is 2.89. The van der Waals surface area contributed by atoms with E-state index in [1.54, 1.807) is 24.3 Å². The molecule has 0 saturated carbocycles. The van der Waals surface area contributed by atoms with Gasteiger partial charge in [0.1, 0.15) is 11.9 Å². The number of aliphatic hydroxyl groups excluding tert-OH is 1. The summed E-state index contributed by atoms with van der Waals surface area (Å²) >= 11 is 0. The number of benzene rings is 2. The van der Waals surface area contributed by atoms with E-state index in [4.69, 9.17) is 9.26 Å². The van der Waals surface area contributed by atoms with Gasteiger partial charge in [0.15, 0.2) is 5.67 Å². The van der Waals surface area contributed by atoms with E-state index in [2.05, 4.69) is 15.5 Å². The molecule has 3 aromatic rings. The number of nitrogens with zero attached hydrogens (tertiary/aromatic N) is 2. The second kappa shape index (κ2) is 7.69. The largest absolute Gasteiger partial charge is 0.394 e. The maximum absolute atomic E-state index is 14.3. The molecule has 1 aromatic heterocycles. The molecule has 0 unspecified atom stereocenters. The highest BCUT2D eigenvalue weighted by molar-refractivity contribution is 5.94. The summed E-state index contributed by atoms with van der Waals surface area (Å²) < 4.78 is 37.4. The van der Waals surface area contributed by atoms with E-state index in [-0.39, 0.29) is 30.5 Å². The van der Waals surface area contributed by atoms with Crippen molar-refractivity contribution in [2.24, 2.45) is 0 Å². The van der Waals surface area contributed by atoms with Crippen LogP contribution in [0.5, 0.6) is 0 Å². The molecular formula is C20H17F2N3O4. The molecule has 2 aromatic carbocycles.